The van der Waals surface area contributed by atoms with Crippen molar-refractivity contribution < 1.29 is 29.0 Å². The number of carbonyl (C=O) groups excluding carboxylic acids is 3. The number of carboxylic acids is 1. The highest BCUT2D eigenvalue weighted by molar-refractivity contribution is 6.04. The van der Waals surface area contributed by atoms with Gasteiger partial charge in [0.2, 0.25) is 0 Å². The van der Waals surface area contributed by atoms with Gasteiger partial charge in [-0.15, -0.1) is 0 Å². The van der Waals surface area contributed by atoms with Gasteiger partial charge in [-0.25, -0.2) is 0 Å². The van der Waals surface area contributed by atoms with Gasteiger partial charge < -0.3 is 14.6 Å². The maximum Gasteiger partial charge on any atom is 0.310 e. The van der Waals surface area contributed by atoms with Crippen LogP contribution in [0.15, 0.2) is 41.5 Å². The summed E-state index contributed by atoms with van der Waals surface area (Å²) in [5.74, 6) is -0.180. The van der Waals surface area contributed by atoms with E-state index < -0.39 is 28.1 Å². The Balaban J connectivity index is 1.17. The molecule has 0 amide bonds. The van der Waals surface area contributed by atoms with Crippen molar-refractivity contribution in [3.05, 3.63) is 47.0 Å². The quantitative estimate of drug-likeness (QED) is 0.225. The highest BCUT2D eigenvalue weighted by Crippen LogP contribution is 2.79. The van der Waals surface area contributed by atoms with E-state index in [0.717, 1.165) is 68.8 Å². The number of Topliss-reactive ketones (excluding diaryl/α,β-unsaturated/α-hetero) is 1. The van der Waals surface area contributed by atoms with Crippen molar-refractivity contribution in [1.29, 1.82) is 0 Å². The predicted molar refractivity (Wildman–Crippen MR) is 197 cm³/mol. The third-order valence-electron chi connectivity index (χ3n) is 17.8. The van der Waals surface area contributed by atoms with Gasteiger partial charge in [0.15, 0.2) is 5.78 Å². The maximum atomic E-state index is 13.6. The van der Waals surface area contributed by atoms with Crippen LogP contribution in [0, 0.1) is 73.4 Å². The van der Waals surface area contributed by atoms with Crippen molar-refractivity contribution in [3.63, 3.8) is 0 Å². The van der Waals surface area contributed by atoms with Gasteiger partial charge >= 0.3 is 11.9 Å². The number of allylic oxidation sites excluding steroid dienone is 2. The van der Waals surface area contributed by atoms with Crippen molar-refractivity contribution in [2.24, 2.45) is 73.4 Å². The molecule has 0 aromatic heterocycles. The highest BCUT2D eigenvalue weighted by atomic mass is 16.5. The predicted octanol–water partition coefficient (Wildman–Crippen LogP) is 9.64. The summed E-state index contributed by atoms with van der Waals surface area (Å²) in [4.78, 5) is 53.5. The van der Waals surface area contributed by atoms with Crippen LogP contribution in [0.25, 0.3) is 0 Å². The third-order valence-corrected chi connectivity index (χ3v) is 17.8. The highest BCUT2D eigenvalue weighted by Gasteiger charge is 2.76. The first-order valence-corrected chi connectivity index (χ1v) is 20.0. The molecule has 0 radical (unpaired) electrons. The Kier molecular flexibility index (Phi) is 8.34. The third kappa shape index (κ3) is 4.58. The molecule has 6 nitrogen and oxygen atoms in total. The molecule has 10 atom stereocenters. The minimum absolute atomic E-state index is 0.0108. The second kappa shape index (κ2) is 11.6. The molecule has 0 heterocycles. The molecule has 6 heteroatoms. The van der Waals surface area contributed by atoms with E-state index >= 15 is 0 Å². The van der Waals surface area contributed by atoms with E-state index in [0.29, 0.717) is 24.7 Å². The van der Waals surface area contributed by atoms with Gasteiger partial charge in [-0.1, -0.05) is 92.6 Å². The van der Waals surface area contributed by atoms with Crippen LogP contribution in [0.3, 0.4) is 0 Å². The topological polar surface area (TPSA) is 97.7 Å². The van der Waals surface area contributed by atoms with E-state index in [1.807, 2.05) is 44.2 Å². The van der Waals surface area contributed by atoms with E-state index in [9.17, 15) is 24.3 Å². The molecule has 0 aliphatic heterocycles. The fourth-order valence-corrected chi connectivity index (χ4v) is 15.0. The molecule has 0 bridgehead atoms. The zero-order valence-corrected chi connectivity index (χ0v) is 32.7. The number of fused-ring (bicyclic) bond motifs is 7. The minimum atomic E-state index is -1.01. The molecule has 7 rings (SSSR count). The molecule has 5 saturated carbocycles. The Hall–Kier alpha value is -2.76. The summed E-state index contributed by atoms with van der Waals surface area (Å²) in [6.07, 6.45) is 9.58. The Morgan fingerprint density at radius 2 is 1.53 bits per heavy atom. The Bertz CT molecular complexity index is 1670. The molecule has 51 heavy (non-hydrogen) atoms. The first-order valence-electron chi connectivity index (χ1n) is 20.0. The number of benzene rings is 1. The summed E-state index contributed by atoms with van der Waals surface area (Å²) < 4.78 is 5.80. The number of hydrogen-bond donors (Lipinski definition) is 1. The fraction of sp³-hybridized carbons (Fsp3) is 0.733. The lowest BCUT2D eigenvalue weighted by Gasteiger charge is -2.74. The lowest BCUT2D eigenvalue weighted by atomic mass is 9.29. The summed E-state index contributed by atoms with van der Waals surface area (Å²) in [7, 11) is 0. The number of carbonyl (C=O) groups is 4. The van der Waals surface area contributed by atoms with Gasteiger partial charge in [-0.2, -0.15) is 0 Å². The number of ketones is 1. The largest absolute Gasteiger partial charge is 0.481 e. The van der Waals surface area contributed by atoms with Crippen molar-refractivity contribution in [3.8, 4) is 0 Å². The summed E-state index contributed by atoms with van der Waals surface area (Å²) >= 11 is 0. The molecule has 1 aromatic rings. The first kappa shape index (κ1) is 36.6. The number of ether oxygens (including phenoxy) is 1. The number of esters is 1. The van der Waals surface area contributed by atoms with Crippen LogP contribution in [-0.2, 0) is 30.5 Å². The van der Waals surface area contributed by atoms with Crippen LogP contribution >= 0.6 is 0 Å². The number of aliphatic carboxylic acids is 1. The van der Waals surface area contributed by atoms with Crippen molar-refractivity contribution in [2.45, 2.75) is 133 Å². The number of rotatable bonds is 7. The van der Waals surface area contributed by atoms with Gasteiger partial charge in [-0.3, -0.25) is 14.4 Å². The molecule has 1 N–H and O–H groups in total. The van der Waals surface area contributed by atoms with Crippen LogP contribution in [0.5, 0.6) is 0 Å². The smallest absolute Gasteiger partial charge is 0.310 e. The van der Waals surface area contributed by atoms with Gasteiger partial charge in [0.1, 0.15) is 12.9 Å². The van der Waals surface area contributed by atoms with Crippen molar-refractivity contribution in [1.82, 2.24) is 0 Å². The van der Waals surface area contributed by atoms with Gasteiger partial charge in [0, 0.05) is 6.42 Å². The van der Waals surface area contributed by atoms with Crippen LogP contribution < -0.4 is 0 Å². The molecular formula is C45H62O6. The molecule has 0 unspecified atom stereocenters. The molecule has 278 valence electrons. The second-order valence-corrected chi connectivity index (χ2v) is 20.2. The van der Waals surface area contributed by atoms with Crippen LogP contribution in [0.2, 0.25) is 0 Å². The van der Waals surface area contributed by atoms with E-state index in [4.69, 9.17) is 4.74 Å². The van der Waals surface area contributed by atoms with Gasteiger partial charge in [0.25, 0.3) is 0 Å². The van der Waals surface area contributed by atoms with E-state index in [1.54, 1.807) is 0 Å². The lowest BCUT2D eigenvalue weighted by molar-refractivity contribution is -0.261. The second-order valence-electron chi connectivity index (χ2n) is 20.2. The van der Waals surface area contributed by atoms with E-state index in [2.05, 4.69) is 48.5 Å². The zero-order chi connectivity index (χ0) is 37.2. The summed E-state index contributed by atoms with van der Waals surface area (Å²) in [5, 5.41) is 11.2. The van der Waals surface area contributed by atoms with E-state index in [-0.39, 0.29) is 57.8 Å². The standard InChI is InChI=1S/C45H62O6/c1-27(2)35-31(47)24-44(26-46)22-21-42(8)29(36(35)44)15-16-34-41(7)19-17-33(39(3,4)32(41)18-20-43(34,42)9)45(38(49)50)23-30(40(45,5)6)37(48)51-25-28-13-11-10-12-14-28/h10-14,26-27,29-30,32-34H,15-25H2,1-9H3,(H,49,50)/t29-,30+,32-,33+,34-,41-,42-,43-,44+,45-/m1/s1. The Labute approximate surface area is 305 Å². The van der Waals surface area contributed by atoms with Crippen LogP contribution in [0.4, 0.5) is 0 Å². The molecule has 6 aliphatic carbocycles. The fourth-order valence-electron chi connectivity index (χ4n) is 15.0. The minimum Gasteiger partial charge on any atom is -0.481 e. The average molecular weight is 699 g/mol. The molecule has 1 aromatic carbocycles. The van der Waals surface area contributed by atoms with Gasteiger partial charge in [-0.05, 0) is 131 Å². The molecule has 0 spiro atoms. The van der Waals surface area contributed by atoms with Gasteiger partial charge in [0.05, 0.1) is 16.7 Å². The maximum absolute atomic E-state index is 13.6. The number of carboxylic acid groups (broad SMARTS) is 1. The molecule has 5 fully saturated rings. The molecular weight excluding hydrogens is 636 g/mol. The monoisotopic (exact) mass is 698 g/mol. The lowest BCUT2D eigenvalue weighted by Crippen LogP contribution is -2.71. The summed E-state index contributed by atoms with van der Waals surface area (Å²) in [6.45, 7) is 20.7. The molecule has 6 aliphatic rings. The van der Waals surface area contributed by atoms with Crippen LogP contribution in [-0.4, -0.2) is 29.1 Å². The summed E-state index contributed by atoms with van der Waals surface area (Å²) in [6, 6.07) is 9.66. The van der Waals surface area contributed by atoms with Crippen molar-refractivity contribution in [2.75, 3.05) is 0 Å². The van der Waals surface area contributed by atoms with Crippen LogP contribution in [0.1, 0.15) is 132 Å². The van der Waals surface area contributed by atoms with E-state index in [1.165, 1.54) is 5.57 Å². The zero-order valence-electron chi connectivity index (χ0n) is 32.7. The SMILES string of the molecule is CC(C)C1=C2[C@H]3CC[C@@H]4[C@]5(C)CC[C@H]([C@@]6(C(=O)O)C[C@@H](C(=O)OCc7ccccc7)C6(C)C)C(C)(C)[C@H]5CC[C@@]4(C)[C@]3(C)CC[C@@]2(C=O)CC1=O. The number of hydrogen-bond acceptors (Lipinski definition) is 5. The normalized spacial score (nSPS) is 43.6. The Morgan fingerprint density at radius 3 is 2.14 bits per heavy atom. The summed E-state index contributed by atoms with van der Waals surface area (Å²) in [5.41, 5.74) is 0.556. The van der Waals surface area contributed by atoms with Crippen molar-refractivity contribution >= 4 is 24.0 Å². The number of aldehydes is 1. The molecule has 0 saturated heterocycles. The Morgan fingerprint density at radius 1 is 0.863 bits per heavy atom. The average Bonchev–Trinajstić information content (AvgIpc) is 3.37. The first-order chi connectivity index (χ1) is 23.8.